The van der Waals surface area contributed by atoms with Crippen LogP contribution in [0.25, 0.3) is 10.8 Å². The van der Waals surface area contributed by atoms with Gasteiger partial charge in [-0.1, -0.05) is 78.9 Å². The van der Waals surface area contributed by atoms with Crippen LogP contribution in [0.15, 0.2) is 103 Å². The van der Waals surface area contributed by atoms with Crippen molar-refractivity contribution in [2.75, 3.05) is 53.4 Å². The molecule has 2 heterocycles. The molecule has 5 amide bonds. The van der Waals surface area contributed by atoms with Crippen molar-refractivity contribution >= 4 is 34.7 Å². The van der Waals surface area contributed by atoms with Gasteiger partial charge in [0.25, 0.3) is 0 Å². The number of benzene rings is 3. The van der Waals surface area contributed by atoms with Gasteiger partial charge in [-0.3, -0.25) is 14.6 Å². The summed E-state index contributed by atoms with van der Waals surface area (Å²) in [4.78, 5) is 59.6. The van der Waals surface area contributed by atoms with Gasteiger partial charge in [-0.15, -0.1) is 6.58 Å². The molecule has 1 unspecified atom stereocenters. The predicted molar refractivity (Wildman–Crippen MR) is 200 cm³/mol. The molecular weight excluding hydrogens is 677 g/mol. The largest absolute Gasteiger partial charge is 0.412 e. The lowest BCUT2D eigenvalue weighted by Crippen LogP contribution is -2.66. The number of hydrogen-bond acceptors (Lipinski definition) is 7. The highest BCUT2D eigenvalue weighted by molar-refractivity contribution is 5.92. The maximum absolute atomic E-state index is 14.4. The number of hydrogen-bond donors (Lipinski definition) is 2. The quantitative estimate of drug-likeness (QED) is 0.254. The number of carbonyl (C=O) groups is 4. The lowest BCUT2D eigenvalue weighted by Gasteiger charge is -2.46. The second-order valence-electron chi connectivity index (χ2n) is 13.6. The zero-order valence-corrected chi connectivity index (χ0v) is 30.1. The van der Waals surface area contributed by atoms with Crippen LogP contribution in [0.2, 0.25) is 0 Å². The van der Waals surface area contributed by atoms with Crippen LogP contribution in [-0.4, -0.2) is 120 Å². The van der Waals surface area contributed by atoms with Crippen LogP contribution in [0.1, 0.15) is 17.5 Å². The number of allylic oxidation sites excluding steroid dienone is 2. The Labute approximate surface area is 309 Å². The van der Waals surface area contributed by atoms with Gasteiger partial charge in [-0.2, -0.15) is 5.01 Å². The van der Waals surface area contributed by atoms with Gasteiger partial charge in [0, 0.05) is 39.0 Å². The first kappa shape index (κ1) is 37.2. The van der Waals surface area contributed by atoms with Gasteiger partial charge in [0.1, 0.15) is 24.1 Å². The Bertz CT molecular complexity index is 1890. The summed E-state index contributed by atoms with van der Waals surface area (Å²) in [5.74, 6) is -0.131. The fourth-order valence-electron chi connectivity index (χ4n) is 6.93. The SMILES string of the molecule is C=CCN(C(=O)NCC1=CCC(F)C=C1)N1CC(=O)N2[C@@H](Cc3ccc(OC(=O)NCCN(C)C)cc3)C(=O)N(Cc3cccc4ccccc34)C[C@@H]21. The van der Waals surface area contributed by atoms with Crippen LogP contribution in [0.4, 0.5) is 14.0 Å². The smallest absolute Gasteiger partial charge is 0.410 e. The third-order valence-corrected chi connectivity index (χ3v) is 9.61. The molecule has 13 heteroatoms. The summed E-state index contributed by atoms with van der Waals surface area (Å²) in [6.45, 7) is 5.64. The third-order valence-electron chi connectivity index (χ3n) is 9.61. The van der Waals surface area contributed by atoms with Gasteiger partial charge in [-0.25, -0.2) is 14.0 Å². The fourth-order valence-corrected chi connectivity index (χ4v) is 6.93. The van der Waals surface area contributed by atoms with Crippen LogP contribution in [-0.2, 0) is 22.6 Å². The van der Waals surface area contributed by atoms with Gasteiger partial charge < -0.3 is 30.1 Å². The van der Waals surface area contributed by atoms with E-state index in [9.17, 15) is 23.6 Å². The summed E-state index contributed by atoms with van der Waals surface area (Å²) < 4.78 is 19.0. The molecule has 2 N–H and O–H groups in total. The van der Waals surface area contributed by atoms with E-state index in [0.717, 1.165) is 27.5 Å². The molecule has 0 bridgehead atoms. The van der Waals surface area contributed by atoms with Crippen LogP contribution in [0, 0.1) is 0 Å². The van der Waals surface area contributed by atoms with Crippen molar-refractivity contribution in [1.29, 1.82) is 0 Å². The van der Waals surface area contributed by atoms with Crippen LogP contribution in [0.5, 0.6) is 5.75 Å². The Kier molecular flexibility index (Phi) is 11.9. The molecule has 0 spiro atoms. The number of rotatable bonds is 13. The van der Waals surface area contributed by atoms with E-state index < -0.39 is 30.5 Å². The molecule has 53 heavy (non-hydrogen) atoms. The second kappa shape index (κ2) is 16.9. The second-order valence-corrected chi connectivity index (χ2v) is 13.6. The number of fused-ring (bicyclic) bond motifs is 2. The Morgan fingerprint density at radius 1 is 1.04 bits per heavy atom. The van der Waals surface area contributed by atoms with E-state index in [2.05, 4.69) is 17.2 Å². The lowest BCUT2D eigenvalue weighted by atomic mass is 9.99. The summed E-state index contributed by atoms with van der Waals surface area (Å²) in [6, 6.07) is 19.6. The molecule has 3 aromatic carbocycles. The minimum absolute atomic E-state index is 0.111. The Balaban J connectivity index is 1.25. The average Bonchev–Trinajstić information content (AvgIpc) is 3.47. The van der Waals surface area contributed by atoms with E-state index in [0.29, 0.717) is 25.4 Å². The predicted octanol–water partition coefficient (Wildman–Crippen LogP) is 4.25. The summed E-state index contributed by atoms with van der Waals surface area (Å²) >= 11 is 0. The van der Waals surface area contributed by atoms with Crippen molar-refractivity contribution in [3.8, 4) is 5.75 Å². The van der Waals surface area contributed by atoms with Crippen LogP contribution in [0.3, 0.4) is 0 Å². The molecule has 3 aromatic rings. The van der Waals surface area contributed by atoms with Crippen molar-refractivity contribution in [3.05, 3.63) is 114 Å². The topological polar surface area (TPSA) is 118 Å². The van der Waals surface area contributed by atoms with Gasteiger partial charge >= 0.3 is 12.1 Å². The number of likely N-dealkylation sites (N-methyl/N-ethyl adjacent to an activating group) is 1. The van der Waals surface area contributed by atoms with Gasteiger partial charge in [0.05, 0.1) is 19.6 Å². The van der Waals surface area contributed by atoms with Crippen molar-refractivity contribution in [2.45, 2.75) is 37.8 Å². The number of alkyl halides is 1. The molecular formula is C40H46FN7O5. The zero-order chi connectivity index (χ0) is 37.5. The minimum atomic E-state index is -1.04. The number of nitrogens with zero attached hydrogens (tertiary/aromatic N) is 5. The molecule has 3 atom stereocenters. The number of piperazine rings is 1. The standard InChI is InChI=1S/C40H46FN7O5/c1-4-21-46(39(51)43-24-29-12-16-32(41)17-13-29)47-27-37(49)48-35(23-28-14-18-33(19-15-28)53-40(52)42-20-22-44(2)3)38(50)45(26-36(47)48)25-31-10-7-9-30-8-5-6-11-34(30)31/h4-16,18-19,32,35-36H,1,17,20-27H2,2-3H3,(H,42,52)(H,43,51)/t32?,35-,36+/m0/s1. The fraction of sp³-hybridized carbons (Fsp3) is 0.350. The first-order valence-electron chi connectivity index (χ1n) is 17.8. The molecule has 1 aliphatic carbocycles. The van der Waals surface area contributed by atoms with Crippen LogP contribution < -0.4 is 15.4 Å². The molecule has 0 aromatic heterocycles. The van der Waals surface area contributed by atoms with Crippen molar-refractivity contribution in [2.24, 2.45) is 0 Å². The Morgan fingerprint density at radius 3 is 2.55 bits per heavy atom. The maximum Gasteiger partial charge on any atom is 0.412 e. The highest BCUT2D eigenvalue weighted by atomic mass is 19.1. The number of ether oxygens (including phenoxy) is 1. The molecule has 2 saturated heterocycles. The van der Waals surface area contributed by atoms with E-state index in [1.54, 1.807) is 57.3 Å². The first-order valence-corrected chi connectivity index (χ1v) is 17.8. The van der Waals surface area contributed by atoms with E-state index >= 15 is 0 Å². The highest BCUT2D eigenvalue weighted by Gasteiger charge is 2.52. The third kappa shape index (κ3) is 8.93. The highest BCUT2D eigenvalue weighted by Crippen LogP contribution is 2.31. The van der Waals surface area contributed by atoms with Gasteiger partial charge in [0.2, 0.25) is 11.8 Å². The summed E-state index contributed by atoms with van der Waals surface area (Å²) in [7, 11) is 3.82. The Hall–Kier alpha value is -5.53. The van der Waals surface area contributed by atoms with Crippen molar-refractivity contribution < 1.29 is 28.3 Å². The zero-order valence-electron chi connectivity index (χ0n) is 30.1. The average molecular weight is 724 g/mol. The summed E-state index contributed by atoms with van der Waals surface area (Å²) in [6.07, 6.45) is 4.69. The molecule has 2 fully saturated rings. The van der Waals surface area contributed by atoms with E-state index in [-0.39, 0.29) is 50.8 Å². The van der Waals surface area contributed by atoms with Gasteiger partial charge in [0.15, 0.2) is 0 Å². The van der Waals surface area contributed by atoms with E-state index in [1.165, 1.54) is 11.1 Å². The van der Waals surface area contributed by atoms with Crippen LogP contribution >= 0.6 is 0 Å². The molecule has 2 aliphatic heterocycles. The first-order chi connectivity index (χ1) is 25.6. The molecule has 0 saturated carbocycles. The monoisotopic (exact) mass is 723 g/mol. The van der Waals surface area contributed by atoms with E-state index in [1.807, 2.05) is 61.5 Å². The number of halogens is 1. The number of urea groups is 1. The molecule has 278 valence electrons. The maximum atomic E-state index is 14.4. The van der Waals surface area contributed by atoms with Crippen molar-refractivity contribution in [1.82, 2.24) is 35.4 Å². The number of amides is 5. The molecule has 12 nitrogen and oxygen atoms in total. The molecule has 0 radical (unpaired) electrons. The van der Waals surface area contributed by atoms with E-state index in [4.69, 9.17) is 4.74 Å². The van der Waals surface area contributed by atoms with Crippen molar-refractivity contribution in [3.63, 3.8) is 0 Å². The summed E-state index contributed by atoms with van der Waals surface area (Å²) in [5, 5.41) is 10.9. The van der Waals surface area contributed by atoms with Gasteiger partial charge in [-0.05, 0) is 53.7 Å². The number of nitrogens with one attached hydrogen (secondary N) is 2. The molecule has 3 aliphatic rings. The number of hydrazine groups is 1. The number of carbonyl (C=O) groups excluding carboxylic acids is 4. The molecule has 6 rings (SSSR count). The summed E-state index contributed by atoms with van der Waals surface area (Å²) in [5.41, 5.74) is 2.52. The minimum Gasteiger partial charge on any atom is -0.410 e. The Morgan fingerprint density at radius 2 is 1.81 bits per heavy atom. The normalized spacial score (nSPS) is 20.0. The lowest BCUT2D eigenvalue weighted by molar-refractivity contribution is -0.157.